The molecule has 1 amide bonds. The van der Waals surface area contributed by atoms with E-state index in [0.29, 0.717) is 0 Å². The fourth-order valence-electron chi connectivity index (χ4n) is 3.60. The number of amidine groups is 1. The van der Waals surface area contributed by atoms with E-state index in [-0.39, 0.29) is 33.6 Å². The first-order valence-electron chi connectivity index (χ1n) is 9.16. The second-order valence-electron chi connectivity index (χ2n) is 7.23. The van der Waals surface area contributed by atoms with Crippen LogP contribution in [0.15, 0.2) is 53.5 Å². The molecule has 0 radical (unpaired) electrons. The average Bonchev–Trinajstić information content (AvgIpc) is 3.18. The van der Waals surface area contributed by atoms with Crippen molar-refractivity contribution >= 4 is 44.0 Å². The number of sulfone groups is 1. The summed E-state index contributed by atoms with van der Waals surface area (Å²) in [5.74, 6) is -1.30. The summed E-state index contributed by atoms with van der Waals surface area (Å²) in [6.07, 6.45) is -4.61. The summed E-state index contributed by atoms with van der Waals surface area (Å²) in [4.78, 5) is 28.3. The molecule has 2 atom stereocenters. The zero-order chi connectivity index (χ0) is 23.3. The minimum atomic E-state index is -4.61. The smallest absolute Gasteiger partial charge is 0.316 e. The summed E-state index contributed by atoms with van der Waals surface area (Å²) in [6, 6.07) is 8.56. The van der Waals surface area contributed by atoms with Gasteiger partial charge in [0.15, 0.2) is 15.0 Å². The largest absolute Gasteiger partial charge is 0.416 e. The van der Waals surface area contributed by atoms with Crippen molar-refractivity contribution in [2.45, 2.75) is 17.5 Å². The lowest BCUT2D eigenvalue weighted by molar-refractivity contribution is -0.384. The highest BCUT2D eigenvalue weighted by molar-refractivity contribution is 8.16. The van der Waals surface area contributed by atoms with Gasteiger partial charge in [-0.3, -0.25) is 14.9 Å². The van der Waals surface area contributed by atoms with Crippen LogP contribution in [0.1, 0.15) is 15.9 Å². The molecule has 13 heteroatoms. The molecule has 0 aliphatic carbocycles. The highest BCUT2D eigenvalue weighted by Gasteiger charge is 2.49. The lowest BCUT2D eigenvalue weighted by atomic mass is 10.1. The van der Waals surface area contributed by atoms with Gasteiger partial charge in [0.1, 0.15) is 0 Å². The highest BCUT2D eigenvalue weighted by Crippen LogP contribution is 2.42. The van der Waals surface area contributed by atoms with Crippen molar-refractivity contribution in [2.24, 2.45) is 4.99 Å². The monoisotopic (exact) mass is 485 g/mol. The standard InChI is InChI=1S/C19H14F3N3O5S2/c20-19(21,22)12-4-2-5-13(8-12)24-15-9-32(29,30)10-16(15)31-18(24)23-17(26)11-3-1-6-14(7-11)25(27)28/h1-8,15-16H,9-10H2/t15-,16+/m1/s1. The van der Waals surface area contributed by atoms with E-state index >= 15 is 0 Å². The third-order valence-electron chi connectivity index (χ3n) is 5.02. The number of anilines is 1. The zero-order valence-electron chi connectivity index (χ0n) is 16.0. The molecule has 4 rings (SSSR count). The summed E-state index contributed by atoms with van der Waals surface area (Å²) < 4.78 is 63.9. The number of nitro benzene ring substituents is 1. The Morgan fingerprint density at radius 3 is 2.56 bits per heavy atom. The van der Waals surface area contributed by atoms with Crippen LogP contribution in [-0.2, 0) is 16.0 Å². The van der Waals surface area contributed by atoms with Gasteiger partial charge in [-0.05, 0) is 24.3 Å². The number of fused-ring (bicyclic) bond motifs is 1. The molecule has 0 spiro atoms. The molecule has 0 aromatic heterocycles. The molecule has 2 heterocycles. The number of rotatable bonds is 3. The number of hydrogen-bond donors (Lipinski definition) is 0. The van der Waals surface area contributed by atoms with Crippen molar-refractivity contribution in [1.29, 1.82) is 0 Å². The molecule has 2 aliphatic rings. The first kappa shape index (κ1) is 22.3. The Labute approximate surface area is 184 Å². The van der Waals surface area contributed by atoms with Gasteiger partial charge in [-0.15, -0.1) is 0 Å². The fourth-order valence-corrected chi connectivity index (χ4v) is 7.51. The number of carbonyl (C=O) groups is 1. The van der Waals surface area contributed by atoms with Crippen LogP contribution in [0.25, 0.3) is 0 Å². The molecule has 2 aromatic rings. The normalized spacial score (nSPS) is 23.3. The Morgan fingerprint density at radius 1 is 1.16 bits per heavy atom. The zero-order valence-corrected chi connectivity index (χ0v) is 17.7. The predicted molar refractivity (Wildman–Crippen MR) is 113 cm³/mol. The van der Waals surface area contributed by atoms with Crippen LogP contribution in [0.3, 0.4) is 0 Å². The van der Waals surface area contributed by atoms with Gasteiger partial charge in [0, 0.05) is 28.6 Å². The highest BCUT2D eigenvalue weighted by atomic mass is 32.2. The number of thioether (sulfide) groups is 1. The summed E-state index contributed by atoms with van der Waals surface area (Å²) in [5.41, 5.74) is -1.25. The number of non-ortho nitro benzene ring substituents is 1. The van der Waals surface area contributed by atoms with Crippen LogP contribution >= 0.6 is 11.8 Å². The molecule has 32 heavy (non-hydrogen) atoms. The molecule has 8 nitrogen and oxygen atoms in total. The molecular weight excluding hydrogens is 471 g/mol. The molecule has 2 fully saturated rings. The molecule has 2 aliphatic heterocycles. The summed E-state index contributed by atoms with van der Waals surface area (Å²) in [5, 5.41) is 10.5. The number of aliphatic imine (C=N–C) groups is 1. The minimum Gasteiger partial charge on any atom is -0.316 e. The molecule has 2 aromatic carbocycles. The molecule has 168 valence electrons. The van der Waals surface area contributed by atoms with Gasteiger partial charge in [-0.25, -0.2) is 8.42 Å². The number of amides is 1. The number of hydrogen-bond acceptors (Lipinski definition) is 6. The number of nitrogens with zero attached hydrogens (tertiary/aromatic N) is 3. The van der Waals surface area contributed by atoms with Gasteiger partial charge in [-0.1, -0.05) is 23.9 Å². The molecule has 0 unspecified atom stereocenters. The van der Waals surface area contributed by atoms with Crippen molar-refractivity contribution in [3.05, 3.63) is 69.8 Å². The van der Waals surface area contributed by atoms with Gasteiger partial charge in [0.2, 0.25) is 0 Å². The number of alkyl halides is 3. The third-order valence-corrected chi connectivity index (χ3v) is 8.23. The van der Waals surface area contributed by atoms with Crippen LogP contribution in [0.2, 0.25) is 0 Å². The van der Waals surface area contributed by atoms with Crippen LogP contribution < -0.4 is 4.90 Å². The van der Waals surface area contributed by atoms with Gasteiger partial charge >= 0.3 is 6.18 Å². The van der Waals surface area contributed by atoms with Crippen LogP contribution in [0, 0.1) is 10.1 Å². The second kappa shape index (κ2) is 7.89. The van der Waals surface area contributed by atoms with Crippen molar-refractivity contribution in [2.75, 3.05) is 16.4 Å². The molecule has 2 saturated heterocycles. The Hall–Kier alpha value is -2.93. The van der Waals surface area contributed by atoms with Crippen molar-refractivity contribution in [1.82, 2.24) is 0 Å². The summed E-state index contributed by atoms with van der Waals surface area (Å²) in [7, 11) is -3.40. The van der Waals surface area contributed by atoms with E-state index in [4.69, 9.17) is 0 Å². The average molecular weight is 485 g/mol. The minimum absolute atomic E-state index is 0.0470. The third kappa shape index (κ3) is 4.35. The van der Waals surface area contributed by atoms with Gasteiger partial charge in [-0.2, -0.15) is 18.2 Å². The van der Waals surface area contributed by atoms with Crippen molar-refractivity contribution in [3.63, 3.8) is 0 Å². The van der Waals surface area contributed by atoms with Gasteiger partial charge in [0.05, 0.1) is 28.0 Å². The van der Waals surface area contributed by atoms with E-state index in [9.17, 15) is 36.5 Å². The quantitative estimate of drug-likeness (QED) is 0.483. The maximum Gasteiger partial charge on any atom is 0.416 e. The Morgan fingerprint density at radius 2 is 1.88 bits per heavy atom. The van der Waals surface area contributed by atoms with Crippen LogP contribution in [0.4, 0.5) is 24.5 Å². The van der Waals surface area contributed by atoms with Crippen LogP contribution in [0.5, 0.6) is 0 Å². The van der Waals surface area contributed by atoms with Gasteiger partial charge < -0.3 is 4.90 Å². The van der Waals surface area contributed by atoms with E-state index in [0.717, 1.165) is 30.0 Å². The first-order chi connectivity index (χ1) is 14.9. The maximum absolute atomic E-state index is 13.2. The van der Waals surface area contributed by atoms with Gasteiger partial charge in [0.25, 0.3) is 11.6 Å². The maximum atomic E-state index is 13.2. The summed E-state index contributed by atoms with van der Waals surface area (Å²) in [6.45, 7) is 0. The van der Waals surface area contributed by atoms with E-state index in [2.05, 4.69) is 4.99 Å². The van der Waals surface area contributed by atoms with E-state index in [1.54, 1.807) is 0 Å². The Balaban J connectivity index is 1.75. The van der Waals surface area contributed by atoms with E-state index < -0.39 is 43.7 Å². The molecule has 0 N–H and O–H groups in total. The lowest BCUT2D eigenvalue weighted by Gasteiger charge is -2.25. The van der Waals surface area contributed by atoms with Crippen molar-refractivity contribution in [3.8, 4) is 0 Å². The lowest BCUT2D eigenvalue weighted by Crippen LogP contribution is -2.37. The first-order valence-corrected chi connectivity index (χ1v) is 11.9. The molecule has 0 saturated carbocycles. The summed E-state index contributed by atoms with van der Waals surface area (Å²) >= 11 is 0.994. The molecular formula is C19H14F3N3O5S2. The second-order valence-corrected chi connectivity index (χ2v) is 10.6. The topological polar surface area (TPSA) is 110 Å². The number of halogens is 3. The van der Waals surface area contributed by atoms with E-state index in [1.165, 1.54) is 35.2 Å². The number of carbonyl (C=O) groups excluding carboxylic acids is 1. The predicted octanol–water partition coefficient (Wildman–Crippen LogP) is 3.53. The number of benzene rings is 2. The molecule has 0 bridgehead atoms. The Bertz CT molecular complexity index is 1250. The van der Waals surface area contributed by atoms with Crippen LogP contribution in [-0.4, -0.2) is 47.2 Å². The Kier molecular flexibility index (Phi) is 5.49. The number of nitro groups is 1. The SMILES string of the molecule is O=C(N=C1S[C@H]2CS(=O)(=O)C[C@H]2N1c1cccc(C(F)(F)F)c1)c1cccc([N+](=O)[O-])c1. The fraction of sp³-hybridized carbons (Fsp3) is 0.263. The van der Waals surface area contributed by atoms with E-state index in [1.807, 2.05) is 0 Å². The van der Waals surface area contributed by atoms with Crippen molar-refractivity contribution < 1.29 is 31.3 Å².